The number of thiophene rings is 1. The Morgan fingerprint density at radius 2 is 2.11 bits per heavy atom. The second-order valence-electron chi connectivity index (χ2n) is 5.93. The van der Waals surface area contributed by atoms with Gasteiger partial charge < -0.3 is 14.8 Å². The predicted octanol–water partition coefficient (Wildman–Crippen LogP) is 2.25. The maximum absolute atomic E-state index is 11.4. The molecule has 3 N–H and O–H groups in total. The highest BCUT2D eigenvalue weighted by molar-refractivity contribution is 7.17. The molecule has 2 aromatic heterocycles. The molecule has 1 aromatic carbocycles. The lowest BCUT2D eigenvalue weighted by molar-refractivity contribution is 0.0711. The molecule has 0 radical (unpaired) electrons. The summed E-state index contributed by atoms with van der Waals surface area (Å²) in [6.07, 6.45) is 1.91. The molecule has 0 fully saturated rings. The van der Waals surface area contributed by atoms with Crippen molar-refractivity contribution in [1.82, 2.24) is 20.6 Å². The Bertz CT molecular complexity index is 952. The average molecular weight is 386 g/mol. The third-order valence-electron chi connectivity index (χ3n) is 4.11. The number of aromatic nitrogens is 2. The van der Waals surface area contributed by atoms with Crippen LogP contribution in [0.1, 0.15) is 15.2 Å². The summed E-state index contributed by atoms with van der Waals surface area (Å²) in [4.78, 5) is 12.7. The normalized spacial score (nSPS) is 12.3. The number of ether oxygens (including phenoxy) is 2. The molecule has 0 aliphatic carbocycles. The molecule has 0 saturated carbocycles. The van der Waals surface area contributed by atoms with Crippen molar-refractivity contribution in [3.8, 4) is 22.1 Å². The van der Waals surface area contributed by atoms with Gasteiger partial charge in [-0.05, 0) is 35.9 Å². The van der Waals surface area contributed by atoms with Gasteiger partial charge in [-0.2, -0.15) is 5.10 Å². The van der Waals surface area contributed by atoms with Crippen LogP contribution in [0, 0.1) is 0 Å². The van der Waals surface area contributed by atoms with E-state index < -0.39 is 5.91 Å². The molecule has 0 unspecified atom stereocenters. The van der Waals surface area contributed by atoms with Crippen molar-refractivity contribution in [3.05, 3.63) is 53.0 Å². The lowest BCUT2D eigenvalue weighted by Gasteiger charge is -2.06. The lowest BCUT2D eigenvalue weighted by Crippen LogP contribution is -2.19. The number of rotatable bonds is 7. The first-order valence-electron chi connectivity index (χ1n) is 8.40. The van der Waals surface area contributed by atoms with Crippen LogP contribution < -0.4 is 20.3 Å². The molecular formula is C18H18N4O4S. The van der Waals surface area contributed by atoms with Crippen LogP contribution in [-0.4, -0.2) is 34.2 Å². The third kappa shape index (κ3) is 3.95. The van der Waals surface area contributed by atoms with Gasteiger partial charge in [-0.15, -0.1) is 11.3 Å². The van der Waals surface area contributed by atoms with Crippen LogP contribution >= 0.6 is 11.3 Å². The molecule has 0 saturated heterocycles. The molecule has 0 atom stereocenters. The van der Waals surface area contributed by atoms with Crippen LogP contribution in [0.15, 0.2) is 42.6 Å². The van der Waals surface area contributed by atoms with Crippen molar-refractivity contribution in [3.63, 3.8) is 0 Å². The van der Waals surface area contributed by atoms with Gasteiger partial charge in [0.15, 0.2) is 11.5 Å². The van der Waals surface area contributed by atoms with Crippen molar-refractivity contribution >= 4 is 17.2 Å². The van der Waals surface area contributed by atoms with Gasteiger partial charge in [0.05, 0.1) is 16.3 Å². The molecule has 1 aliphatic rings. The number of nitrogens with one attached hydrogen (secondary N) is 2. The predicted molar refractivity (Wildman–Crippen MR) is 99.1 cm³/mol. The monoisotopic (exact) mass is 386 g/mol. The fourth-order valence-electron chi connectivity index (χ4n) is 2.75. The maximum atomic E-state index is 11.4. The summed E-state index contributed by atoms with van der Waals surface area (Å²) < 4.78 is 12.5. The fourth-order valence-corrected chi connectivity index (χ4v) is 3.61. The number of benzene rings is 1. The van der Waals surface area contributed by atoms with E-state index in [1.807, 2.05) is 41.2 Å². The number of amides is 1. The number of carbonyl (C=O) groups excluding carboxylic acids is 1. The number of fused-ring (bicyclic) bond motifs is 1. The number of nitrogens with zero attached hydrogens (tertiary/aromatic N) is 2. The Morgan fingerprint density at radius 1 is 1.22 bits per heavy atom. The molecule has 8 nitrogen and oxygen atoms in total. The van der Waals surface area contributed by atoms with Crippen LogP contribution in [0.3, 0.4) is 0 Å². The van der Waals surface area contributed by atoms with E-state index in [-0.39, 0.29) is 6.79 Å². The van der Waals surface area contributed by atoms with Crippen molar-refractivity contribution in [2.75, 3.05) is 13.3 Å². The van der Waals surface area contributed by atoms with Gasteiger partial charge in [-0.25, -0.2) is 5.48 Å². The zero-order chi connectivity index (χ0) is 18.6. The van der Waals surface area contributed by atoms with Crippen molar-refractivity contribution in [2.24, 2.45) is 0 Å². The van der Waals surface area contributed by atoms with E-state index in [0.717, 1.165) is 47.3 Å². The summed E-state index contributed by atoms with van der Waals surface area (Å²) in [5.74, 6) is 1.06. The third-order valence-corrected chi connectivity index (χ3v) is 5.21. The quantitative estimate of drug-likeness (QED) is 0.327. The summed E-state index contributed by atoms with van der Waals surface area (Å²) in [5, 5.41) is 16.6. The van der Waals surface area contributed by atoms with Crippen LogP contribution in [0.4, 0.5) is 0 Å². The molecule has 3 aromatic rings. The summed E-state index contributed by atoms with van der Waals surface area (Å²) in [5.41, 5.74) is 3.57. The maximum Gasteiger partial charge on any atom is 0.284 e. The van der Waals surface area contributed by atoms with Gasteiger partial charge in [0.2, 0.25) is 6.79 Å². The standard InChI is InChI=1S/C18H18N4O4S/c23-18(21-24)17-4-3-16(27-17)13-5-7-22(20-13)8-6-19-10-12-1-2-14-15(9-12)26-11-25-14/h1-5,7,9,19,24H,6,8,10-11H2,(H,21,23). The van der Waals surface area contributed by atoms with Gasteiger partial charge >= 0.3 is 0 Å². The molecule has 4 rings (SSSR count). The largest absolute Gasteiger partial charge is 0.454 e. The Hall–Kier alpha value is -2.88. The summed E-state index contributed by atoms with van der Waals surface area (Å²) in [6.45, 7) is 2.50. The fraction of sp³-hybridized carbons (Fsp3) is 0.222. The smallest absolute Gasteiger partial charge is 0.284 e. The Balaban J connectivity index is 1.28. The number of hydroxylamine groups is 1. The molecule has 9 heteroatoms. The molecule has 0 bridgehead atoms. The van der Waals surface area contributed by atoms with Crippen LogP contribution in [0.2, 0.25) is 0 Å². The minimum Gasteiger partial charge on any atom is -0.454 e. The molecule has 0 spiro atoms. The first kappa shape index (κ1) is 17.5. The Morgan fingerprint density at radius 3 is 3.00 bits per heavy atom. The van der Waals surface area contributed by atoms with Gasteiger partial charge in [0, 0.05) is 19.3 Å². The van der Waals surface area contributed by atoms with E-state index in [1.165, 1.54) is 11.3 Å². The summed E-state index contributed by atoms with van der Waals surface area (Å²) in [6, 6.07) is 11.3. The SMILES string of the molecule is O=C(NO)c1ccc(-c2ccn(CCNCc3ccc4c(c3)OCO4)n2)s1. The van der Waals surface area contributed by atoms with E-state index in [4.69, 9.17) is 14.7 Å². The van der Waals surface area contributed by atoms with E-state index in [2.05, 4.69) is 10.4 Å². The van der Waals surface area contributed by atoms with Crippen LogP contribution in [-0.2, 0) is 13.1 Å². The molecule has 140 valence electrons. The molecular weight excluding hydrogens is 368 g/mol. The van der Waals surface area contributed by atoms with Crippen molar-refractivity contribution in [2.45, 2.75) is 13.1 Å². The van der Waals surface area contributed by atoms with Crippen LogP contribution in [0.25, 0.3) is 10.6 Å². The zero-order valence-corrected chi connectivity index (χ0v) is 15.2. The number of hydrogen-bond acceptors (Lipinski definition) is 7. The first-order valence-corrected chi connectivity index (χ1v) is 9.22. The summed E-state index contributed by atoms with van der Waals surface area (Å²) in [7, 11) is 0. The molecule has 27 heavy (non-hydrogen) atoms. The highest BCUT2D eigenvalue weighted by atomic mass is 32.1. The second kappa shape index (κ2) is 7.78. The van der Waals surface area contributed by atoms with Gasteiger partial charge in [-0.3, -0.25) is 14.7 Å². The van der Waals surface area contributed by atoms with Gasteiger partial charge in [0.25, 0.3) is 5.91 Å². The van der Waals surface area contributed by atoms with Gasteiger partial charge in [0.1, 0.15) is 5.69 Å². The molecule has 1 aliphatic heterocycles. The van der Waals surface area contributed by atoms with E-state index in [1.54, 1.807) is 11.5 Å². The van der Waals surface area contributed by atoms with E-state index in [9.17, 15) is 4.79 Å². The minimum absolute atomic E-state index is 0.282. The number of hydrogen-bond donors (Lipinski definition) is 3. The first-order chi connectivity index (χ1) is 13.2. The van der Waals surface area contributed by atoms with Crippen LogP contribution in [0.5, 0.6) is 11.5 Å². The Kier molecular flexibility index (Phi) is 5.05. The average Bonchev–Trinajstić information content (AvgIpc) is 3.44. The van der Waals surface area contributed by atoms with Crippen molar-refractivity contribution < 1.29 is 19.5 Å². The molecule has 3 heterocycles. The highest BCUT2D eigenvalue weighted by Gasteiger charge is 2.13. The summed E-state index contributed by atoms with van der Waals surface area (Å²) >= 11 is 1.28. The lowest BCUT2D eigenvalue weighted by atomic mass is 10.2. The minimum atomic E-state index is -0.515. The van der Waals surface area contributed by atoms with Crippen molar-refractivity contribution in [1.29, 1.82) is 0 Å². The van der Waals surface area contributed by atoms with E-state index >= 15 is 0 Å². The molecule has 1 amide bonds. The Labute approximate surface area is 159 Å². The van der Waals surface area contributed by atoms with E-state index in [0.29, 0.717) is 4.88 Å². The second-order valence-corrected chi connectivity index (χ2v) is 7.02. The topological polar surface area (TPSA) is 97.6 Å². The van der Waals surface area contributed by atoms with Gasteiger partial charge in [-0.1, -0.05) is 6.07 Å². The zero-order valence-electron chi connectivity index (χ0n) is 14.3. The number of carbonyl (C=O) groups is 1. The highest BCUT2D eigenvalue weighted by Crippen LogP contribution is 2.32.